The Morgan fingerprint density at radius 2 is 1.44 bits per heavy atom. The third-order valence-corrected chi connectivity index (χ3v) is 9.46. The van der Waals surface area contributed by atoms with Crippen LogP contribution in [0.25, 0.3) is 0 Å². The number of thiophene rings is 1. The second kappa shape index (κ2) is 15.6. The highest BCUT2D eigenvalue weighted by molar-refractivity contribution is 8.00. The number of hydrogen-bond acceptors (Lipinski definition) is 8. The number of carbonyl (C=O) groups is 4. The van der Waals surface area contributed by atoms with E-state index in [4.69, 9.17) is 20.3 Å². The Balaban J connectivity index is 0.000000338. The Labute approximate surface area is 289 Å². The molecule has 9 nitrogen and oxygen atoms in total. The maximum atomic E-state index is 14.5. The van der Waals surface area contributed by atoms with Crippen molar-refractivity contribution >= 4 is 46.9 Å². The van der Waals surface area contributed by atoms with Crippen LogP contribution in [0.2, 0.25) is 0 Å². The van der Waals surface area contributed by atoms with Crippen molar-refractivity contribution in [2.75, 3.05) is 5.75 Å². The Hall–Kier alpha value is -5.22. The molecule has 3 heterocycles. The van der Waals surface area contributed by atoms with Crippen molar-refractivity contribution in [2.45, 2.75) is 30.4 Å². The number of amides is 2. The fourth-order valence-electron chi connectivity index (χ4n) is 5.03. The van der Waals surface area contributed by atoms with Gasteiger partial charge in [-0.3, -0.25) is 14.5 Å². The quantitative estimate of drug-likeness (QED) is 0.0649. The second-order valence-electron chi connectivity index (χ2n) is 10.6. The predicted molar refractivity (Wildman–Crippen MR) is 171 cm³/mol. The molecule has 0 aliphatic carbocycles. The van der Waals surface area contributed by atoms with Gasteiger partial charge in [0.1, 0.15) is 5.70 Å². The first-order valence-electron chi connectivity index (χ1n) is 14.6. The summed E-state index contributed by atoms with van der Waals surface area (Å²) in [4.78, 5) is 48.2. The van der Waals surface area contributed by atoms with Crippen LogP contribution >= 0.6 is 23.1 Å². The van der Waals surface area contributed by atoms with Gasteiger partial charge in [0.2, 0.25) is 47.0 Å². The molecule has 6 rings (SSSR count). The van der Waals surface area contributed by atoms with Crippen molar-refractivity contribution in [1.82, 2.24) is 4.90 Å². The zero-order valence-corrected chi connectivity index (χ0v) is 27.1. The summed E-state index contributed by atoms with van der Waals surface area (Å²) in [6.07, 6.45) is -1.35. The number of aliphatic carboxylic acids is 1. The van der Waals surface area contributed by atoms with Gasteiger partial charge in [0, 0.05) is 16.2 Å². The smallest absolute Gasteiger partial charge is 0.353 e. The van der Waals surface area contributed by atoms with Gasteiger partial charge in [0.25, 0.3) is 0 Å². The number of benzene rings is 3. The molecule has 1 fully saturated rings. The lowest BCUT2D eigenvalue weighted by molar-refractivity contribution is -0.156. The largest absolute Gasteiger partial charge is 0.477 e. The normalized spacial score (nSPS) is 15.6. The number of carboxylic acid groups (broad SMARTS) is 1. The third kappa shape index (κ3) is 7.65. The maximum Gasteiger partial charge on any atom is 0.353 e. The first-order valence-corrected chi connectivity index (χ1v) is 16.5. The fourth-order valence-corrected chi connectivity index (χ4v) is 7.06. The average Bonchev–Trinajstić information content (AvgIpc) is 3.56. The Bertz CT molecular complexity index is 1890. The molecule has 2 atom stereocenters. The summed E-state index contributed by atoms with van der Waals surface area (Å²) in [5, 5.41) is 10.2. The molecule has 0 spiro atoms. The number of hydrogen-bond donors (Lipinski definition) is 2. The highest BCUT2D eigenvalue weighted by Gasteiger charge is 2.42. The molecule has 1 unspecified atom stereocenters. The number of β-lactam (4-membered cyclic amide) rings is 1. The number of fused-ring (bicyclic) bond motifs is 1. The molecule has 2 aliphatic heterocycles. The first kappa shape index (κ1) is 36.1. The summed E-state index contributed by atoms with van der Waals surface area (Å²) in [6, 6.07) is 18.3. The molecule has 16 heteroatoms. The van der Waals surface area contributed by atoms with Gasteiger partial charge >= 0.3 is 11.9 Å². The van der Waals surface area contributed by atoms with Crippen LogP contribution < -0.4 is 10.5 Å². The molecule has 0 saturated carbocycles. The van der Waals surface area contributed by atoms with E-state index in [9.17, 15) is 41.1 Å². The van der Waals surface area contributed by atoms with Crippen LogP contribution in [0.5, 0.6) is 5.75 Å². The zero-order chi connectivity index (χ0) is 36.1. The third-order valence-electron chi connectivity index (χ3n) is 7.40. The minimum Gasteiger partial charge on any atom is -0.477 e. The number of carboxylic acids is 1. The zero-order valence-electron chi connectivity index (χ0n) is 25.5. The molecule has 4 aromatic rings. The molecule has 1 aromatic heterocycles. The number of carbonyl (C=O) groups excluding carboxylic acids is 3. The number of nitrogens with zero attached hydrogens (tertiary/aromatic N) is 1. The Morgan fingerprint density at radius 3 is 1.94 bits per heavy atom. The van der Waals surface area contributed by atoms with Crippen molar-refractivity contribution < 1.29 is 55.7 Å². The van der Waals surface area contributed by atoms with E-state index in [1.165, 1.54) is 16.3 Å². The van der Waals surface area contributed by atoms with Crippen molar-refractivity contribution in [1.29, 1.82) is 0 Å². The minimum absolute atomic E-state index is 0.0774. The lowest BCUT2D eigenvalue weighted by Crippen LogP contribution is -2.52. The molecule has 260 valence electrons. The van der Waals surface area contributed by atoms with E-state index >= 15 is 0 Å². The summed E-state index contributed by atoms with van der Waals surface area (Å²) in [5.41, 5.74) is 6.40. The van der Waals surface area contributed by atoms with Crippen LogP contribution in [-0.4, -0.2) is 44.9 Å². The van der Waals surface area contributed by atoms with Gasteiger partial charge in [0.15, 0.2) is 11.9 Å². The van der Waals surface area contributed by atoms with E-state index in [1.807, 2.05) is 0 Å². The number of esters is 1. The molecule has 0 bridgehead atoms. The molecule has 50 heavy (non-hydrogen) atoms. The molecular formula is C34H25F5N2O7S2. The molecular weight excluding hydrogens is 708 g/mol. The summed E-state index contributed by atoms with van der Waals surface area (Å²) in [7, 11) is 0. The fraction of sp³-hybridized carbons (Fsp3) is 0.176. The number of halogens is 5. The molecule has 2 aliphatic rings. The van der Waals surface area contributed by atoms with Gasteiger partial charge in [-0.05, 0) is 28.6 Å². The van der Waals surface area contributed by atoms with E-state index in [2.05, 4.69) is 0 Å². The molecule has 2 amide bonds. The van der Waals surface area contributed by atoms with Gasteiger partial charge in [-0.25, -0.2) is 22.8 Å². The van der Waals surface area contributed by atoms with E-state index in [0.717, 1.165) is 11.3 Å². The lowest BCUT2D eigenvalue weighted by Gasteiger charge is -2.42. The second-order valence-corrected chi connectivity index (χ2v) is 12.8. The van der Waals surface area contributed by atoms with E-state index < -0.39 is 64.9 Å². The first-order chi connectivity index (χ1) is 23.9. The summed E-state index contributed by atoms with van der Waals surface area (Å²) in [6.45, 7) is 0. The van der Waals surface area contributed by atoms with Gasteiger partial charge in [-0.2, -0.15) is 8.78 Å². The van der Waals surface area contributed by atoms with Crippen LogP contribution in [-0.2, 0) is 30.3 Å². The van der Waals surface area contributed by atoms with Gasteiger partial charge in [-0.15, -0.1) is 23.1 Å². The van der Waals surface area contributed by atoms with E-state index in [1.54, 1.807) is 78.5 Å². The monoisotopic (exact) mass is 732 g/mol. The molecule has 3 aromatic carbocycles. The van der Waals surface area contributed by atoms with E-state index in [0.29, 0.717) is 23.3 Å². The summed E-state index contributed by atoms with van der Waals surface area (Å²) >= 11 is 2.58. The molecule has 3 N–H and O–H groups in total. The maximum absolute atomic E-state index is 14.5. The standard InChI is InChI=1S/C27H18F5NO4S.C7H7NO3S/c28-19-20(29)22(31)26(23(32)21(19)30)36-25(16-11-12-38-17(16)13-18(33)34)27(35)37-24(14-7-3-1-4-8-14)15-9-5-2-6-10-15;9-5-3-6-8(5)4(7(10)11)1-2-12-6/h1-12,24-25H,13H2,(H2,33,34);1,6H,2-3H2,(H,10,11)/t;6-/m.0/s1. The van der Waals surface area contributed by atoms with Crippen LogP contribution in [0.1, 0.15) is 40.2 Å². The van der Waals surface area contributed by atoms with Crippen LogP contribution in [0, 0.1) is 29.1 Å². The van der Waals surface area contributed by atoms with Gasteiger partial charge in [0.05, 0.1) is 18.2 Å². The van der Waals surface area contributed by atoms with Crippen molar-refractivity contribution in [3.8, 4) is 5.75 Å². The molecule has 0 radical (unpaired) electrons. The van der Waals surface area contributed by atoms with Crippen LogP contribution in [0.3, 0.4) is 0 Å². The van der Waals surface area contributed by atoms with Gasteiger partial charge < -0.3 is 20.3 Å². The summed E-state index contributed by atoms with van der Waals surface area (Å²) < 4.78 is 81.3. The number of ether oxygens (including phenoxy) is 2. The van der Waals surface area contributed by atoms with Crippen molar-refractivity contribution in [2.24, 2.45) is 5.73 Å². The number of nitrogens with two attached hydrogens (primary N) is 1. The van der Waals surface area contributed by atoms with Crippen LogP contribution in [0.4, 0.5) is 22.0 Å². The Kier molecular flexibility index (Phi) is 11.2. The number of primary amides is 1. The topological polar surface area (TPSA) is 136 Å². The van der Waals surface area contributed by atoms with Crippen LogP contribution in [0.15, 0.2) is 83.9 Å². The minimum atomic E-state index is -2.38. The van der Waals surface area contributed by atoms with Crippen molar-refractivity contribution in [3.63, 3.8) is 0 Å². The highest BCUT2D eigenvalue weighted by atomic mass is 32.2. The Morgan fingerprint density at radius 1 is 0.880 bits per heavy atom. The van der Waals surface area contributed by atoms with E-state index in [-0.39, 0.29) is 33.8 Å². The number of rotatable bonds is 10. The average molecular weight is 733 g/mol. The van der Waals surface area contributed by atoms with Gasteiger partial charge in [-0.1, -0.05) is 60.7 Å². The van der Waals surface area contributed by atoms with Crippen molar-refractivity contribution in [3.05, 3.63) is 135 Å². The predicted octanol–water partition coefficient (Wildman–Crippen LogP) is 6.18. The molecule has 1 saturated heterocycles. The highest BCUT2D eigenvalue weighted by Crippen LogP contribution is 2.38. The lowest BCUT2D eigenvalue weighted by atomic mass is 10.0. The summed E-state index contributed by atoms with van der Waals surface area (Å²) in [5.74, 6) is -15.5. The SMILES string of the molecule is NC(=O)Cc1sccc1C(Oc1c(F)c(F)c(F)c(F)c1F)C(=O)OC(c1ccccc1)c1ccccc1.O=C(O)C1=CCS[C@H]2CC(=O)N12. The number of thioether (sulfide) groups is 1.